The Bertz CT molecular complexity index is 366. The summed E-state index contributed by atoms with van der Waals surface area (Å²) in [6, 6.07) is 0. The molecule has 6 nitrogen and oxygen atoms in total. The highest BCUT2D eigenvalue weighted by Crippen LogP contribution is 2.37. The molecule has 1 rings (SSSR count). The van der Waals surface area contributed by atoms with E-state index in [1.54, 1.807) is 0 Å². The monoisotopic (exact) mass is 282 g/mol. The van der Waals surface area contributed by atoms with Crippen molar-refractivity contribution < 1.29 is 9.53 Å². The Morgan fingerprint density at radius 2 is 2.35 bits per heavy atom. The molecule has 1 saturated carbocycles. The lowest BCUT2D eigenvalue weighted by atomic mass is 9.71. The standard InChI is InChI=1S/C14H26N4O2/c1-4-20-13(19)14(16-8-9-17-18-15)7-5-6-12(10-14)11(2)3/h11-12,16H,4-10H2,1-3H3. The molecule has 0 bridgehead atoms. The van der Waals surface area contributed by atoms with Crippen LogP contribution in [0, 0.1) is 11.8 Å². The van der Waals surface area contributed by atoms with Crippen LogP contribution < -0.4 is 5.32 Å². The number of nitrogens with zero attached hydrogens (tertiary/aromatic N) is 3. The summed E-state index contributed by atoms with van der Waals surface area (Å²) in [4.78, 5) is 15.1. The van der Waals surface area contributed by atoms with Crippen molar-refractivity contribution in [2.24, 2.45) is 17.0 Å². The molecule has 0 aliphatic heterocycles. The first-order valence-corrected chi connectivity index (χ1v) is 7.49. The normalized spacial score (nSPS) is 26.1. The molecule has 0 spiro atoms. The maximum Gasteiger partial charge on any atom is 0.326 e. The first-order chi connectivity index (χ1) is 9.55. The molecular formula is C14H26N4O2. The average molecular weight is 282 g/mol. The summed E-state index contributed by atoms with van der Waals surface area (Å²) < 4.78 is 5.26. The van der Waals surface area contributed by atoms with Gasteiger partial charge in [-0.05, 0) is 37.1 Å². The van der Waals surface area contributed by atoms with Crippen molar-refractivity contribution in [3.63, 3.8) is 0 Å². The van der Waals surface area contributed by atoms with Crippen LogP contribution in [-0.2, 0) is 9.53 Å². The second-order valence-electron chi connectivity index (χ2n) is 5.78. The van der Waals surface area contributed by atoms with Crippen LogP contribution in [0.1, 0.15) is 46.5 Å². The third-order valence-electron chi connectivity index (χ3n) is 4.14. The number of carbonyl (C=O) groups is 1. The van der Waals surface area contributed by atoms with E-state index in [0.717, 1.165) is 25.7 Å². The van der Waals surface area contributed by atoms with Crippen LogP contribution in [-0.4, -0.2) is 31.2 Å². The van der Waals surface area contributed by atoms with Gasteiger partial charge in [0.25, 0.3) is 0 Å². The van der Waals surface area contributed by atoms with Crippen LogP contribution in [0.5, 0.6) is 0 Å². The maximum atomic E-state index is 12.4. The van der Waals surface area contributed by atoms with Gasteiger partial charge in [-0.15, -0.1) is 0 Å². The number of azide groups is 1. The predicted octanol–water partition coefficient (Wildman–Crippen LogP) is 3.03. The van der Waals surface area contributed by atoms with Crippen LogP contribution in [0.4, 0.5) is 0 Å². The Kier molecular flexibility index (Phi) is 6.82. The van der Waals surface area contributed by atoms with E-state index in [1.165, 1.54) is 0 Å². The average Bonchev–Trinajstić information content (AvgIpc) is 2.44. The molecule has 2 unspecified atom stereocenters. The van der Waals surface area contributed by atoms with Gasteiger partial charge >= 0.3 is 5.97 Å². The van der Waals surface area contributed by atoms with Crippen molar-refractivity contribution in [3.05, 3.63) is 10.4 Å². The van der Waals surface area contributed by atoms with Crippen LogP contribution in [0.25, 0.3) is 10.4 Å². The van der Waals surface area contributed by atoms with Crippen molar-refractivity contribution in [2.75, 3.05) is 19.7 Å². The van der Waals surface area contributed by atoms with E-state index in [4.69, 9.17) is 10.3 Å². The fourth-order valence-electron chi connectivity index (χ4n) is 2.96. The molecule has 1 N–H and O–H groups in total. The summed E-state index contributed by atoms with van der Waals surface area (Å²) in [5.41, 5.74) is 7.71. The maximum absolute atomic E-state index is 12.4. The molecule has 1 fully saturated rings. The molecular weight excluding hydrogens is 256 g/mol. The highest BCUT2D eigenvalue weighted by Gasteiger charge is 2.44. The number of nitrogens with one attached hydrogen (secondary N) is 1. The highest BCUT2D eigenvalue weighted by atomic mass is 16.5. The number of rotatable bonds is 7. The molecule has 6 heteroatoms. The largest absolute Gasteiger partial charge is 0.465 e. The van der Waals surface area contributed by atoms with Gasteiger partial charge in [0.15, 0.2) is 0 Å². The molecule has 2 atom stereocenters. The first-order valence-electron chi connectivity index (χ1n) is 7.49. The quantitative estimate of drug-likeness (QED) is 0.256. The summed E-state index contributed by atoms with van der Waals surface area (Å²) in [7, 11) is 0. The number of hydrogen-bond donors (Lipinski definition) is 1. The van der Waals surface area contributed by atoms with E-state index in [9.17, 15) is 4.79 Å². The zero-order valence-electron chi connectivity index (χ0n) is 12.8. The molecule has 0 heterocycles. The molecule has 20 heavy (non-hydrogen) atoms. The molecule has 0 radical (unpaired) electrons. The van der Waals surface area contributed by atoms with E-state index < -0.39 is 5.54 Å². The summed E-state index contributed by atoms with van der Waals surface area (Å²) >= 11 is 0. The Balaban J connectivity index is 2.77. The highest BCUT2D eigenvalue weighted by molar-refractivity contribution is 5.81. The third kappa shape index (κ3) is 4.39. The van der Waals surface area contributed by atoms with Crippen molar-refractivity contribution in [2.45, 2.75) is 52.0 Å². The Morgan fingerprint density at radius 1 is 1.60 bits per heavy atom. The van der Waals surface area contributed by atoms with E-state index in [2.05, 4.69) is 29.2 Å². The van der Waals surface area contributed by atoms with Crippen LogP contribution in [0.3, 0.4) is 0 Å². The second-order valence-corrected chi connectivity index (χ2v) is 5.78. The van der Waals surface area contributed by atoms with Crippen LogP contribution in [0.2, 0.25) is 0 Å². The summed E-state index contributed by atoms with van der Waals surface area (Å²) in [5.74, 6) is 0.925. The van der Waals surface area contributed by atoms with Crippen molar-refractivity contribution >= 4 is 5.97 Å². The molecule has 1 aliphatic rings. The third-order valence-corrected chi connectivity index (χ3v) is 4.14. The predicted molar refractivity (Wildman–Crippen MR) is 78.2 cm³/mol. The first kappa shape index (κ1) is 16.8. The SMILES string of the molecule is CCOC(=O)C1(NCCN=[N+]=[N-])CCCC(C(C)C)C1. The molecule has 114 valence electrons. The molecule has 1 aliphatic carbocycles. The fourth-order valence-corrected chi connectivity index (χ4v) is 2.96. The molecule has 0 saturated heterocycles. The van der Waals surface area contributed by atoms with Gasteiger partial charge in [-0.3, -0.25) is 4.79 Å². The zero-order chi connectivity index (χ0) is 15.0. The zero-order valence-corrected chi connectivity index (χ0v) is 12.8. The van der Waals surface area contributed by atoms with Gasteiger partial charge in [0.05, 0.1) is 6.61 Å². The lowest BCUT2D eigenvalue weighted by molar-refractivity contribution is -0.154. The van der Waals surface area contributed by atoms with Gasteiger partial charge in [-0.2, -0.15) is 0 Å². The van der Waals surface area contributed by atoms with Crippen molar-refractivity contribution in [3.8, 4) is 0 Å². The molecule has 0 aromatic heterocycles. The lowest BCUT2D eigenvalue weighted by Gasteiger charge is -2.41. The van der Waals surface area contributed by atoms with Crippen LogP contribution >= 0.6 is 0 Å². The van der Waals surface area contributed by atoms with E-state index in [1.807, 2.05) is 6.92 Å². The number of ether oxygens (including phenoxy) is 1. The summed E-state index contributed by atoms with van der Waals surface area (Å²) in [6.07, 6.45) is 3.79. The van der Waals surface area contributed by atoms with Crippen molar-refractivity contribution in [1.29, 1.82) is 0 Å². The topological polar surface area (TPSA) is 87.1 Å². The molecule has 0 amide bonds. The van der Waals surface area contributed by atoms with Gasteiger partial charge < -0.3 is 10.1 Å². The second kappa shape index (κ2) is 8.12. The van der Waals surface area contributed by atoms with Gasteiger partial charge in [0, 0.05) is 18.0 Å². The van der Waals surface area contributed by atoms with Gasteiger partial charge in [-0.1, -0.05) is 31.8 Å². The minimum absolute atomic E-state index is 0.161. The smallest absolute Gasteiger partial charge is 0.326 e. The van der Waals surface area contributed by atoms with Gasteiger partial charge in [0.1, 0.15) is 5.54 Å². The van der Waals surface area contributed by atoms with E-state index in [0.29, 0.717) is 31.5 Å². The number of carbonyl (C=O) groups excluding carboxylic acids is 1. The van der Waals surface area contributed by atoms with E-state index >= 15 is 0 Å². The van der Waals surface area contributed by atoms with E-state index in [-0.39, 0.29) is 5.97 Å². The summed E-state index contributed by atoms with van der Waals surface area (Å²) in [5, 5.41) is 6.81. The Hall–Kier alpha value is -1.26. The molecule has 0 aromatic carbocycles. The molecule has 0 aromatic rings. The number of hydrogen-bond acceptors (Lipinski definition) is 4. The fraction of sp³-hybridized carbons (Fsp3) is 0.929. The Labute approximate surface area is 120 Å². The van der Waals surface area contributed by atoms with Gasteiger partial charge in [-0.25, -0.2) is 0 Å². The minimum Gasteiger partial charge on any atom is -0.465 e. The Morgan fingerprint density at radius 3 is 2.95 bits per heavy atom. The minimum atomic E-state index is -0.603. The number of esters is 1. The lowest BCUT2D eigenvalue weighted by Crippen LogP contribution is -2.56. The summed E-state index contributed by atoms with van der Waals surface area (Å²) in [6.45, 7) is 7.48. The van der Waals surface area contributed by atoms with Gasteiger partial charge in [0.2, 0.25) is 0 Å². The van der Waals surface area contributed by atoms with Crippen molar-refractivity contribution in [1.82, 2.24) is 5.32 Å². The van der Waals surface area contributed by atoms with Crippen LogP contribution in [0.15, 0.2) is 5.11 Å².